The molecule has 0 atom stereocenters. The molecule has 2 rings (SSSR count). The van der Waals surface area contributed by atoms with Crippen molar-refractivity contribution < 1.29 is 4.79 Å². The second-order valence-electron chi connectivity index (χ2n) is 4.02. The molecule has 5 heteroatoms. The summed E-state index contributed by atoms with van der Waals surface area (Å²) in [6.45, 7) is 0. The van der Waals surface area contributed by atoms with Gasteiger partial charge in [0, 0.05) is 9.37 Å². The normalized spacial score (nSPS) is 10.3. The molecule has 1 amide bonds. The fraction of sp³-hybridized carbons (Fsp3) is 0.0714. The molecule has 0 aliphatic carbocycles. The smallest absolute Gasteiger partial charge is 0.228 e. The van der Waals surface area contributed by atoms with Crippen molar-refractivity contribution in [2.45, 2.75) is 11.3 Å². The van der Waals surface area contributed by atoms with Gasteiger partial charge in [-0.3, -0.25) is 4.79 Å². The van der Waals surface area contributed by atoms with Crippen LogP contribution >= 0.6 is 40.2 Å². The minimum absolute atomic E-state index is 0.101. The summed E-state index contributed by atoms with van der Waals surface area (Å²) in [5.41, 5.74) is 1.55. The van der Waals surface area contributed by atoms with Crippen molar-refractivity contribution in [3.63, 3.8) is 0 Å². The summed E-state index contributed by atoms with van der Waals surface area (Å²) in [6.07, 6.45) is 0.306. The van der Waals surface area contributed by atoms with Crippen LogP contribution in [0.5, 0.6) is 0 Å². The number of hydrogen-bond acceptors (Lipinski definition) is 2. The van der Waals surface area contributed by atoms with Gasteiger partial charge in [0.05, 0.1) is 17.1 Å². The zero-order chi connectivity index (χ0) is 13.8. The topological polar surface area (TPSA) is 29.1 Å². The maximum atomic E-state index is 11.9. The van der Waals surface area contributed by atoms with Crippen molar-refractivity contribution in [2.75, 3.05) is 5.32 Å². The average molecular weight is 357 g/mol. The fourth-order valence-electron chi connectivity index (χ4n) is 1.58. The van der Waals surface area contributed by atoms with Gasteiger partial charge in [-0.15, -0.1) is 12.6 Å². The molecule has 98 valence electrons. The molecule has 2 aromatic rings. The van der Waals surface area contributed by atoms with E-state index in [4.69, 9.17) is 11.6 Å². The lowest BCUT2D eigenvalue weighted by Crippen LogP contribution is -2.14. The lowest BCUT2D eigenvalue weighted by molar-refractivity contribution is -0.115. The summed E-state index contributed by atoms with van der Waals surface area (Å²) in [5.74, 6) is -0.101. The number of benzene rings is 2. The molecule has 0 heterocycles. The minimum Gasteiger partial charge on any atom is -0.324 e. The number of hydrogen-bond donors (Lipinski definition) is 2. The number of amides is 1. The second-order valence-corrected chi connectivity index (χ2v) is 5.85. The van der Waals surface area contributed by atoms with Crippen LogP contribution in [0.3, 0.4) is 0 Å². The van der Waals surface area contributed by atoms with Gasteiger partial charge >= 0.3 is 0 Å². The number of halogens is 2. The van der Waals surface area contributed by atoms with Crippen LogP contribution in [0.4, 0.5) is 5.69 Å². The SMILES string of the molecule is O=C(Cc1ccc(S)cc1)Nc1ccc(Br)cc1Cl. The van der Waals surface area contributed by atoms with Gasteiger partial charge in [-0.2, -0.15) is 0 Å². The molecule has 19 heavy (non-hydrogen) atoms. The summed E-state index contributed by atoms with van der Waals surface area (Å²) in [4.78, 5) is 12.8. The molecular weight excluding hydrogens is 346 g/mol. The van der Waals surface area contributed by atoms with Gasteiger partial charge in [0.2, 0.25) is 5.91 Å². The molecular formula is C14H11BrClNOS. The molecule has 0 spiro atoms. The molecule has 0 saturated heterocycles. The van der Waals surface area contributed by atoms with Gasteiger partial charge in [0.25, 0.3) is 0 Å². The van der Waals surface area contributed by atoms with Crippen LogP contribution in [-0.2, 0) is 11.2 Å². The molecule has 0 fully saturated rings. The van der Waals surface area contributed by atoms with Gasteiger partial charge in [-0.25, -0.2) is 0 Å². The van der Waals surface area contributed by atoms with E-state index in [1.165, 1.54) is 0 Å². The van der Waals surface area contributed by atoms with Gasteiger partial charge in [0.1, 0.15) is 0 Å². The first kappa shape index (κ1) is 14.4. The van der Waals surface area contributed by atoms with Crippen molar-refractivity contribution in [1.29, 1.82) is 0 Å². The Balaban J connectivity index is 2.03. The lowest BCUT2D eigenvalue weighted by Gasteiger charge is -2.07. The molecule has 2 nitrogen and oxygen atoms in total. The predicted octanol–water partition coefficient (Wildman–Crippen LogP) is 4.57. The van der Waals surface area contributed by atoms with Crippen LogP contribution in [0, 0.1) is 0 Å². The number of carbonyl (C=O) groups excluding carboxylic acids is 1. The largest absolute Gasteiger partial charge is 0.324 e. The second kappa shape index (κ2) is 6.46. The Morgan fingerprint density at radius 3 is 2.53 bits per heavy atom. The zero-order valence-electron chi connectivity index (χ0n) is 9.86. The number of carbonyl (C=O) groups is 1. The van der Waals surface area contributed by atoms with Crippen molar-refractivity contribution in [2.24, 2.45) is 0 Å². The number of rotatable bonds is 3. The summed E-state index contributed by atoms with van der Waals surface area (Å²) in [5, 5.41) is 3.30. The lowest BCUT2D eigenvalue weighted by atomic mass is 10.1. The van der Waals surface area contributed by atoms with Gasteiger partial charge in [-0.1, -0.05) is 39.7 Å². The Morgan fingerprint density at radius 2 is 1.89 bits per heavy atom. The molecule has 0 radical (unpaired) electrons. The monoisotopic (exact) mass is 355 g/mol. The number of thiol groups is 1. The Hall–Kier alpha value is -0.970. The molecule has 0 aromatic heterocycles. The highest BCUT2D eigenvalue weighted by atomic mass is 79.9. The van der Waals surface area contributed by atoms with Crippen molar-refractivity contribution >= 4 is 51.8 Å². The minimum atomic E-state index is -0.101. The van der Waals surface area contributed by atoms with Crippen LogP contribution < -0.4 is 5.32 Å². The Bertz CT molecular complexity index is 601. The molecule has 0 unspecified atom stereocenters. The highest BCUT2D eigenvalue weighted by Crippen LogP contribution is 2.25. The Morgan fingerprint density at radius 1 is 1.21 bits per heavy atom. The standard InChI is InChI=1S/C14H11BrClNOS/c15-10-3-6-13(12(16)8-10)17-14(18)7-9-1-4-11(19)5-2-9/h1-6,8,19H,7H2,(H,17,18). The highest BCUT2D eigenvalue weighted by Gasteiger charge is 2.07. The van der Waals surface area contributed by atoms with E-state index in [0.717, 1.165) is 14.9 Å². The third-order valence-corrected chi connectivity index (χ3v) is 3.61. The quantitative estimate of drug-likeness (QED) is 0.775. The first-order chi connectivity index (χ1) is 9.04. The van der Waals surface area contributed by atoms with Crippen LogP contribution in [0.2, 0.25) is 5.02 Å². The maximum Gasteiger partial charge on any atom is 0.228 e. The Kier molecular flexibility index (Phi) is 4.91. The average Bonchev–Trinajstić information content (AvgIpc) is 2.36. The molecule has 1 N–H and O–H groups in total. The Labute approximate surface area is 130 Å². The molecule has 2 aromatic carbocycles. The van der Waals surface area contributed by atoms with E-state index < -0.39 is 0 Å². The first-order valence-corrected chi connectivity index (χ1v) is 7.19. The molecule has 0 aliphatic rings. The first-order valence-electron chi connectivity index (χ1n) is 5.57. The van der Waals surface area contributed by atoms with Crippen molar-refractivity contribution in [1.82, 2.24) is 0 Å². The van der Waals surface area contributed by atoms with Gasteiger partial charge in [0.15, 0.2) is 0 Å². The third kappa shape index (κ3) is 4.27. The third-order valence-electron chi connectivity index (χ3n) is 2.51. The van der Waals surface area contributed by atoms with E-state index in [1.807, 2.05) is 30.3 Å². The highest BCUT2D eigenvalue weighted by molar-refractivity contribution is 9.10. The number of anilines is 1. The van der Waals surface area contributed by atoms with Gasteiger partial charge < -0.3 is 5.32 Å². The van der Waals surface area contributed by atoms with E-state index >= 15 is 0 Å². The van der Waals surface area contributed by atoms with Crippen LogP contribution in [0.1, 0.15) is 5.56 Å². The summed E-state index contributed by atoms with van der Waals surface area (Å²) < 4.78 is 0.875. The number of nitrogens with one attached hydrogen (secondary N) is 1. The molecule has 0 saturated carbocycles. The fourth-order valence-corrected chi connectivity index (χ4v) is 2.45. The molecule has 0 aliphatic heterocycles. The van der Waals surface area contributed by atoms with E-state index in [9.17, 15) is 4.79 Å². The van der Waals surface area contributed by atoms with E-state index in [1.54, 1.807) is 12.1 Å². The van der Waals surface area contributed by atoms with Gasteiger partial charge in [-0.05, 0) is 35.9 Å². The van der Waals surface area contributed by atoms with Crippen molar-refractivity contribution in [3.05, 3.63) is 57.5 Å². The predicted molar refractivity (Wildman–Crippen MR) is 85.2 cm³/mol. The summed E-state index contributed by atoms with van der Waals surface area (Å²) in [7, 11) is 0. The van der Waals surface area contributed by atoms with E-state index in [-0.39, 0.29) is 5.91 Å². The summed E-state index contributed by atoms with van der Waals surface area (Å²) in [6, 6.07) is 12.8. The van der Waals surface area contributed by atoms with Crippen LogP contribution in [0.15, 0.2) is 51.8 Å². The maximum absolute atomic E-state index is 11.9. The zero-order valence-corrected chi connectivity index (χ0v) is 13.1. The van der Waals surface area contributed by atoms with Crippen LogP contribution in [0.25, 0.3) is 0 Å². The van der Waals surface area contributed by atoms with Crippen molar-refractivity contribution in [3.8, 4) is 0 Å². The van der Waals surface area contributed by atoms with Crippen LogP contribution in [-0.4, -0.2) is 5.91 Å². The van der Waals surface area contributed by atoms with E-state index in [0.29, 0.717) is 17.1 Å². The molecule has 0 bridgehead atoms. The summed E-state index contributed by atoms with van der Waals surface area (Å²) >= 11 is 13.6. The van der Waals surface area contributed by atoms with E-state index in [2.05, 4.69) is 33.9 Å².